The maximum absolute atomic E-state index is 5.80. The van der Waals surface area contributed by atoms with Gasteiger partial charge in [0.1, 0.15) is 0 Å². The van der Waals surface area contributed by atoms with Gasteiger partial charge in [0.05, 0.1) is 6.54 Å². The van der Waals surface area contributed by atoms with E-state index in [-0.39, 0.29) is 0 Å². The molecule has 0 amide bonds. The fourth-order valence-electron chi connectivity index (χ4n) is 1.51. The Balaban J connectivity index is 1.78. The summed E-state index contributed by atoms with van der Waals surface area (Å²) < 4.78 is 0. The summed E-state index contributed by atoms with van der Waals surface area (Å²) in [6.45, 7) is 3.86. The van der Waals surface area contributed by atoms with Gasteiger partial charge in [-0.2, -0.15) is 0 Å². The number of nitrogens with two attached hydrogens (primary N) is 1. The third-order valence-electron chi connectivity index (χ3n) is 3.07. The number of rotatable bonds is 4. The molecule has 0 spiro atoms. The maximum atomic E-state index is 5.80. The number of aliphatic imine (C=N–C) groups is 1. The number of nitrogens with zero attached hydrogens (tertiary/aromatic N) is 1. The first-order valence-corrected chi connectivity index (χ1v) is 5.76. The second kappa shape index (κ2) is 4.56. The van der Waals surface area contributed by atoms with E-state index in [0.717, 1.165) is 6.54 Å². The third-order valence-corrected chi connectivity index (χ3v) is 3.07. The van der Waals surface area contributed by atoms with Gasteiger partial charge in [0.15, 0.2) is 5.96 Å². The SMILES string of the molecule is CC1(CNC(N)=NCc2ccccc2)CC1. The number of hydrogen-bond acceptors (Lipinski definition) is 1. The van der Waals surface area contributed by atoms with Gasteiger partial charge in [0.25, 0.3) is 0 Å². The predicted octanol–water partition coefficient (Wildman–Crippen LogP) is 1.89. The van der Waals surface area contributed by atoms with Crippen LogP contribution in [0.4, 0.5) is 0 Å². The first-order valence-electron chi connectivity index (χ1n) is 5.76. The average molecular weight is 217 g/mol. The summed E-state index contributed by atoms with van der Waals surface area (Å²) in [6, 6.07) is 10.1. The van der Waals surface area contributed by atoms with Crippen molar-refractivity contribution in [3.8, 4) is 0 Å². The molecule has 0 bridgehead atoms. The number of hydrogen-bond donors (Lipinski definition) is 2. The van der Waals surface area contributed by atoms with E-state index >= 15 is 0 Å². The van der Waals surface area contributed by atoms with E-state index in [1.165, 1.54) is 18.4 Å². The van der Waals surface area contributed by atoms with E-state index in [1.807, 2.05) is 18.2 Å². The van der Waals surface area contributed by atoms with Gasteiger partial charge in [-0.3, -0.25) is 0 Å². The third kappa shape index (κ3) is 3.26. The highest BCUT2D eigenvalue weighted by molar-refractivity contribution is 5.77. The molecule has 0 atom stereocenters. The molecule has 3 heteroatoms. The molecule has 0 aromatic heterocycles. The van der Waals surface area contributed by atoms with Crippen LogP contribution in [0.25, 0.3) is 0 Å². The Morgan fingerprint density at radius 2 is 2.06 bits per heavy atom. The maximum Gasteiger partial charge on any atom is 0.188 e. The smallest absolute Gasteiger partial charge is 0.188 e. The van der Waals surface area contributed by atoms with Crippen LogP contribution < -0.4 is 11.1 Å². The number of benzene rings is 1. The summed E-state index contributed by atoms with van der Waals surface area (Å²) in [5, 5.41) is 3.18. The van der Waals surface area contributed by atoms with Crippen molar-refractivity contribution in [3.05, 3.63) is 35.9 Å². The van der Waals surface area contributed by atoms with Crippen LogP contribution in [0.5, 0.6) is 0 Å². The van der Waals surface area contributed by atoms with Gasteiger partial charge in [-0.15, -0.1) is 0 Å². The molecule has 0 radical (unpaired) electrons. The van der Waals surface area contributed by atoms with Crippen LogP contribution in [0.15, 0.2) is 35.3 Å². The first kappa shape index (κ1) is 11.0. The molecule has 3 nitrogen and oxygen atoms in total. The quantitative estimate of drug-likeness (QED) is 0.597. The van der Waals surface area contributed by atoms with Crippen molar-refractivity contribution < 1.29 is 0 Å². The summed E-state index contributed by atoms with van der Waals surface area (Å²) in [4.78, 5) is 4.31. The lowest BCUT2D eigenvalue weighted by Crippen LogP contribution is -2.35. The Morgan fingerprint density at radius 3 is 2.69 bits per heavy atom. The van der Waals surface area contributed by atoms with Crippen LogP contribution in [0, 0.1) is 5.41 Å². The molecule has 1 fully saturated rings. The van der Waals surface area contributed by atoms with Crippen LogP contribution in [0.1, 0.15) is 25.3 Å². The van der Waals surface area contributed by atoms with Crippen molar-refractivity contribution >= 4 is 5.96 Å². The van der Waals surface area contributed by atoms with Gasteiger partial charge in [-0.05, 0) is 23.8 Å². The minimum atomic E-state index is 0.465. The summed E-state index contributed by atoms with van der Waals surface area (Å²) in [5.41, 5.74) is 7.45. The fourth-order valence-corrected chi connectivity index (χ4v) is 1.51. The molecular formula is C13H19N3. The lowest BCUT2D eigenvalue weighted by molar-refractivity contribution is 0.554. The molecule has 0 heterocycles. The molecule has 0 saturated heterocycles. The molecule has 1 aromatic rings. The van der Waals surface area contributed by atoms with E-state index in [0.29, 0.717) is 17.9 Å². The minimum absolute atomic E-state index is 0.465. The zero-order chi connectivity index (χ0) is 11.4. The van der Waals surface area contributed by atoms with E-state index in [9.17, 15) is 0 Å². The van der Waals surface area contributed by atoms with Crippen molar-refractivity contribution in [1.29, 1.82) is 0 Å². The molecule has 3 N–H and O–H groups in total. The van der Waals surface area contributed by atoms with Crippen LogP contribution in [-0.2, 0) is 6.54 Å². The zero-order valence-corrected chi connectivity index (χ0v) is 9.74. The molecule has 1 aliphatic rings. The minimum Gasteiger partial charge on any atom is -0.370 e. The van der Waals surface area contributed by atoms with Crippen molar-refractivity contribution in [1.82, 2.24) is 5.32 Å². The molecule has 1 aliphatic carbocycles. The van der Waals surface area contributed by atoms with Gasteiger partial charge in [-0.25, -0.2) is 4.99 Å². The van der Waals surface area contributed by atoms with E-state index < -0.39 is 0 Å². The highest BCUT2D eigenvalue weighted by Crippen LogP contribution is 2.43. The van der Waals surface area contributed by atoms with Gasteiger partial charge >= 0.3 is 0 Å². The summed E-state index contributed by atoms with van der Waals surface area (Å²) in [7, 11) is 0. The highest BCUT2D eigenvalue weighted by Gasteiger charge is 2.36. The standard InChI is InChI=1S/C13H19N3/c1-13(7-8-13)10-16-12(14)15-9-11-5-3-2-4-6-11/h2-6H,7-10H2,1H3,(H3,14,15,16). The van der Waals surface area contributed by atoms with Crippen LogP contribution in [0.2, 0.25) is 0 Å². The molecular weight excluding hydrogens is 198 g/mol. The van der Waals surface area contributed by atoms with Crippen molar-refractivity contribution in [2.75, 3.05) is 6.54 Å². The summed E-state index contributed by atoms with van der Waals surface area (Å²) in [6.07, 6.45) is 2.60. The largest absolute Gasteiger partial charge is 0.370 e. The van der Waals surface area contributed by atoms with Gasteiger partial charge < -0.3 is 11.1 Å². The monoisotopic (exact) mass is 217 g/mol. The first-order chi connectivity index (χ1) is 7.68. The van der Waals surface area contributed by atoms with E-state index in [4.69, 9.17) is 5.73 Å². The average Bonchev–Trinajstić information content (AvgIpc) is 3.04. The highest BCUT2D eigenvalue weighted by atomic mass is 15.1. The molecule has 16 heavy (non-hydrogen) atoms. The Bertz CT molecular complexity index is 366. The Morgan fingerprint density at radius 1 is 1.38 bits per heavy atom. The van der Waals surface area contributed by atoms with Crippen molar-refractivity contribution in [3.63, 3.8) is 0 Å². The Hall–Kier alpha value is -1.51. The number of guanidine groups is 1. The van der Waals surface area contributed by atoms with Gasteiger partial charge in [0.2, 0.25) is 0 Å². The molecule has 0 aliphatic heterocycles. The molecule has 86 valence electrons. The molecule has 2 rings (SSSR count). The molecule has 1 aromatic carbocycles. The normalized spacial score (nSPS) is 18.2. The van der Waals surface area contributed by atoms with Crippen LogP contribution in [-0.4, -0.2) is 12.5 Å². The second-order valence-corrected chi connectivity index (χ2v) is 4.85. The topological polar surface area (TPSA) is 50.4 Å². The van der Waals surface area contributed by atoms with Gasteiger partial charge in [0, 0.05) is 6.54 Å². The van der Waals surface area contributed by atoms with Gasteiger partial charge in [-0.1, -0.05) is 37.3 Å². The Kier molecular flexibility index (Phi) is 3.13. The molecule has 0 unspecified atom stereocenters. The lowest BCUT2D eigenvalue weighted by Gasteiger charge is -2.10. The van der Waals surface area contributed by atoms with E-state index in [2.05, 4.69) is 29.4 Å². The fraction of sp³-hybridized carbons (Fsp3) is 0.462. The van der Waals surface area contributed by atoms with Crippen molar-refractivity contribution in [2.45, 2.75) is 26.3 Å². The Labute approximate surface area is 96.8 Å². The van der Waals surface area contributed by atoms with E-state index in [1.54, 1.807) is 0 Å². The van der Waals surface area contributed by atoms with Crippen molar-refractivity contribution in [2.24, 2.45) is 16.1 Å². The zero-order valence-electron chi connectivity index (χ0n) is 9.74. The lowest BCUT2D eigenvalue weighted by atomic mass is 10.1. The number of nitrogens with one attached hydrogen (secondary N) is 1. The summed E-state index contributed by atoms with van der Waals surface area (Å²) in [5.74, 6) is 0.553. The van der Waals surface area contributed by atoms with Crippen LogP contribution in [0.3, 0.4) is 0 Å². The molecule has 1 saturated carbocycles. The predicted molar refractivity (Wildman–Crippen MR) is 67.1 cm³/mol. The van der Waals surface area contributed by atoms with Crippen LogP contribution >= 0.6 is 0 Å². The summed E-state index contributed by atoms with van der Waals surface area (Å²) >= 11 is 0. The second-order valence-electron chi connectivity index (χ2n) is 4.85.